The number of hydrogen-bond donors (Lipinski definition) is 1. The van der Waals surface area contributed by atoms with Crippen molar-refractivity contribution in [2.45, 2.75) is 0 Å². The van der Waals surface area contributed by atoms with Gasteiger partial charge in [-0.25, -0.2) is 0 Å². The lowest BCUT2D eigenvalue weighted by Gasteiger charge is -2.09. The molecule has 116 valence electrons. The summed E-state index contributed by atoms with van der Waals surface area (Å²) in [4.78, 5) is 12.5. The summed E-state index contributed by atoms with van der Waals surface area (Å²) in [5, 5.41) is 2.87. The van der Waals surface area contributed by atoms with Crippen LogP contribution in [0.2, 0.25) is 0 Å². The second kappa shape index (κ2) is 7.80. The van der Waals surface area contributed by atoms with E-state index in [9.17, 15) is 4.79 Å². The molecule has 0 fully saturated rings. The van der Waals surface area contributed by atoms with Crippen LogP contribution in [-0.4, -0.2) is 12.5 Å². The van der Waals surface area contributed by atoms with Gasteiger partial charge in [-0.2, -0.15) is 0 Å². The third-order valence-electron chi connectivity index (χ3n) is 3.60. The van der Waals surface area contributed by atoms with Crippen LogP contribution in [0.4, 0.5) is 0 Å². The number of carbonyl (C=O) groups excluding carboxylic acids is 1. The van der Waals surface area contributed by atoms with E-state index >= 15 is 0 Å². The van der Waals surface area contributed by atoms with Crippen molar-refractivity contribution in [3.05, 3.63) is 96.1 Å². The zero-order valence-electron chi connectivity index (χ0n) is 13.2. The van der Waals surface area contributed by atoms with E-state index in [0.29, 0.717) is 12.1 Å². The number of amides is 1. The second-order valence-electron chi connectivity index (χ2n) is 5.26. The monoisotopic (exact) mass is 311 g/mol. The number of nitrogens with one attached hydrogen (secondary N) is 1. The standard InChI is InChI=1S/C22H17NO/c24-22(23-17-9-12-18-10-3-1-4-11-18)21-16-8-7-15-20(21)19-13-5-2-6-14-19/h1-8,10-11,13-16H,17H2,(H,23,24). The molecule has 0 atom stereocenters. The van der Waals surface area contributed by atoms with Gasteiger partial charge in [0.1, 0.15) is 0 Å². The van der Waals surface area contributed by atoms with E-state index in [2.05, 4.69) is 17.2 Å². The summed E-state index contributed by atoms with van der Waals surface area (Å²) in [5.74, 6) is 5.90. The number of rotatable bonds is 3. The first kappa shape index (κ1) is 15.6. The van der Waals surface area contributed by atoms with Crippen molar-refractivity contribution < 1.29 is 4.79 Å². The lowest BCUT2D eigenvalue weighted by molar-refractivity contribution is 0.0959. The van der Waals surface area contributed by atoms with Gasteiger partial charge in [-0.05, 0) is 29.3 Å². The van der Waals surface area contributed by atoms with Crippen LogP contribution >= 0.6 is 0 Å². The maximum atomic E-state index is 12.5. The Morgan fingerprint density at radius 1 is 0.792 bits per heavy atom. The molecule has 24 heavy (non-hydrogen) atoms. The molecule has 0 saturated heterocycles. The van der Waals surface area contributed by atoms with Crippen molar-refractivity contribution in [1.29, 1.82) is 0 Å². The summed E-state index contributed by atoms with van der Waals surface area (Å²) in [5.41, 5.74) is 3.55. The van der Waals surface area contributed by atoms with Crippen molar-refractivity contribution in [3.63, 3.8) is 0 Å². The number of benzene rings is 3. The first-order valence-corrected chi connectivity index (χ1v) is 7.81. The Labute approximate surface area is 142 Å². The first-order chi connectivity index (χ1) is 11.8. The molecule has 2 nitrogen and oxygen atoms in total. The third kappa shape index (κ3) is 3.91. The maximum Gasteiger partial charge on any atom is 0.252 e. The molecule has 0 heterocycles. The minimum atomic E-state index is -0.114. The highest BCUT2D eigenvalue weighted by Gasteiger charge is 2.10. The van der Waals surface area contributed by atoms with Crippen molar-refractivity contribution in [2.75, 3.05) is 6.54 Å². The van der Waals surface area contributed by atoms with Crippen LogP contribution in [0.3, 0.4) is 0 Å². The van der Waals surface area contributed by atoms with Crippen LogP contribution in [0.25, 0.3) is 11.1 Å². The smallest absolute Gasteiger partial charge is 0.252 e. The van der Waals surface area contributed by atoms with E-state index in [0.717, 1.165) is 16.7 Å². The molecule has 1 N–H and O–H groups in total. The van der Waals surface area contributed by atoms with Gasteiger partial charge in [-0.1, -0.05) is 78.6 Å². The summed E-state index contributed by atoms with van der Waals surface area (Å²) < 4.78 is 0. The summed E-state index contributed by atoms with van der Waals surface area (Å²) in [6, 6.07) is 27.2. The fraction of sp³-hybridized carbons (Fsp3) is 0.0455. The summed E-state index contributed by atoms with van der Waals surface area (Å²) in [6.07, 6.45) is 0. The molecule has 0 bridgehead atoms. The predicted molar refractivity (Wildman–Crippen MR) is 97.5 cm³/mol. The molecule has 3 aromatic rings. The Balaban J connectivity index is 1.71. The zero-order chi connectivity index (χ0) is 16.6. The quantitative estimate of drug-likeness (QED) is 0.724. The van der Waals surface area contributed by atoms with E-state index in [1.54, 1.807) is 0 Å². The van der Waals surface area contributed by atoms with Gasteiger partial charge < -0.3 is 5.32 Å². The summed E-state index contributed by atoms with van der Waals surface area (Å²) in [7, 11) is 0. The fourth-order valence-electron chi connectivity index (χ4n) is 2.44. The molecular formula is C22H17NO. The molecule has 3 aromatic carbocycles. The molecule has 0 saturated carbocycles. The van der Waals surface area contributed by atoms with E-state index in [-0.39, 0.29) is 5.91 Å². The average molecular weight is 311 g/mol. The molecule has 3 rings (SSSR count). The van der Waals surface area contributed by atoms with Gasteiger partial charge in [0.15, 0.2) is 0 Å². The van der Waals surface area contributed by atoms with Crippen LogP contribution in [-0.2, 0) is 0 Å². The Morgan fingerprint density at radius 2 is 1.42 bits per heavy atom. The molecule has 0 aliphatic rings. The molecule has 0 aliphatic heterocycles. The fourth-order valence-corrected chi connectivity index (χ4v) is 2.44. The van der Waals surface area contributed by atoms with Crippen molar-refractivity contribution in [3.8, 4) is 23.0 Å². The van der Waals surface area contributed by atoms with Crippen molar-refractivity contribution >= 4 is 5.91 Å². The highest BCUT2D eigenvalue weighted by Crippen LogP contribution is 2.23. The highest BCUT2D eigenvalue weighted by molar-refractivity contribution is 6.00. The minimum absolute atomic E-state index is 0.114. The van der Waals surface area contributed by atoms with Crippen LogP contribution in [0.1, 0.15) is 15.9 Å². The molecule has 0 aliphatic carbocycles. The molecule has 1 amide bonds. The molecular weight excluding hydrogens is 294 g/mol. The van der Waals surface area contributed by atoms with E-state index in [1.165, 1.54) is 0 Å². The van der Waals surface area contributed by atoms with E-state index in [1.807, 2.05) is 84.9 Å². The van der Waals surface area contributed by atoms with E-state index in [4.69, 9.17) is 0 Å². The van der Waals surface area contributed by atoms with Gasteiger partial charge in [-0.15, -0.1) is 0 Å². The number of hydrogen-bond acceptors (Lipinski definition) is 1. The highest BCUT2D eigenvalue weighted by atomic mass is 16.1. The first-order valence-electron chi connectivity index (χ1n) is 7.81. The Bertz CT molecular complexity index is 874. The molecule has 0 spiro atoms. The van der Waals surface area contributed by atoms with Gasteiger partial charge in [0, 0.05) is 11.1 Å². The lowest BCUT2D eigenvalue weighted by atomic mass is 9.99. The van der Waals surface area contributed by atoms with Crippen LogP contribution in [0, 0.1) is 11.8 Å². The van der Waals surface area contributed by atoms with Gasteiger partial charge in [0.05, 0.1) is 6.54 Å². The molecule has 0 radical (unpaired) electrons. The summed E-state index contributed by atoms with van der Waals surface area (Å²) >= 11 is 0. The van der Waals surface area contributed by atoms with Gasteiger partial charge >= 0.3 is 0 Å². The minimum Gasteiger partial charge on any atom is -0.341 e. The Kier molecular flexibility index (Phi) is 5.07. The van der Waals surface area contributed by atoms with Crippen molar-refractivity contribution in [1.82, 2.24) is 5.32 Å². The lowest BCUT2D eigenvalue weighted by Crippen LogP contribution is -2.24. The third-order valence-corrected chi connectivity index (χ3v) is 3.60. The molecule has 0 unspecified atom stereocenters. The Hall–Kier alpha value is -3.31. The number of carbonyl (C=O) groups is 1. The van der Waals surface area contributed by atoms with Crippen LogP contribution in [0.5, 0.6) is 0 Å². The zero-order valence-corrected chi connectivity index (χ0v) is 13.2. The van der Waals surface area contributed by atoms with Crippen LogP contribution < -0.4 is 5.32 Å². The largest absolute Gasteiger partial charge is 0.341 e. The SMILES string of the molecule is O=C(NCC#Cc1ccccc1)c1ccccc1-c1ccccc1. The van der Waals surface area contributed by atoms with Crippen molar-refractivity contribution in [2.24, 2.45) is 0 Å². The topological polar surface area (TPSA) is 29.1 Å². The maximum absolute atomic E-state index is 12.5. The van der Waals surface area contributed by atoms with Gasteiger partial charge in [0.25, 0.3) is 5.91 Å². The van der Waals surface area contributed by atoms with E-state index < -0.39 is 0 Å². The predicted octanol–water partition coefficient (Wildman–Crippen LogP) is 4.14. The molecule has 0 aromatic heterocycles. The van der Waals surface area contributed by atoms with Gasteiger partial charge in [-0.3, -0.25) is 4.79 Å². The summed E-state index contributed by atoms with van der Waals surface area (Å²) in [6.45, 7) is 0.316. The average Bonchev–Trinajstić information content (AvgIpc) is 2.66. The second-order valence-corrected chi connectivity index (χ2v) is 5.26. The molecule has 2 heteroatoms. The Morgan fingerprint density at radius 3 is 2.17 bits per heavy atom. The van der Waals surface area contributed by atoms with Gasteiger partial charge in [0.2, 0.25) is 0 Å². The van der Waals surface area contributed by atoms with Crippen LogP contribution in [0.15, 0.2) is 84.9 Å². The normalized spacial score (nSPS) is 9.67.